The van der Waals surface area contributed by atoms with E-state index in [1.807, 2.05) is 0 Å². The molecule has 0 saturated carbocycles. The zero-order valence-electron chi connectivity index (χ0n) is 14.3. The molecule has 2 aliphatic rings. The van der Waals surface area contributed by atoms with Crippen LogP contribution in [0, 0.1) is 0 Å². The van der Waals surface area contributed by atoms with E-state index in [0.717, 1.165) is 0 Å². The van der Waals surface area contributed by atoms with Gasteiger partial charge >= 0.3 is 41.7 Å². The van der Waals surface area contributed by atoms with E-state index in [0.29, 0.717) is 0 Å². The number of hydrogen-bond donors (Lipinski definition) is 1. The number of carbonyl (C=O) groups is 3. The van der Waals surface area contributed by atoms with Gasteiger partial charge in [0.25, 0.3) is 0 Å². The average molecular weight is 387 g/mol. The molecule has 0 aromatic heterocycles. The fourth-order valence-corrected chi connectivity index (χ4v) is 2.86. The maximum absolute atomic E-state index is 12.1. The van der Waals surface area contributed by atoms with Gasteiger partial charge in [-0.1, -0.05) is 0 Å². The van der Waals surface area contributed by atoms with Crippen LogP contribution in [-0.4, -0.2) is 71.6 Å². The number of rotatable bonds is 4. The summed E-state index contributed by atoms with van der Waals surface area (Å²) < 4.78 is 41.2. The van der Waals surface area contributed by atoms with Gasteiger partial charge in [0, 0.05) is 13.0 Å². The van der Waals surface area contributed by atoms with Crippen LogP contribution in [0.3, 0.4) is 0 Å². The summed E-state index contributed by atoms with van der Waals surface area (Å²) in [6, 6.07) is -2.75. The van der Waals surface area contributed by atoms with Gasteiger partial charge in [0.15, 0.2) is 5.78 Å². The number of piperidine rings is 1. The molecule has 136 valence electrons. The molecule has 2 saturated heterocycles. The number of hydrogen-bond acceptors (Lipinski definition) is 8. The maximum Gasteiger partial charge on any atom is 1.00 e. The van der Waals surface area contributed by atoms with Crippen LogP contribution in [0.25, 0.3) is 0 Å². The van der Waals surface area contributed by atoms with Crippen molar-refractivity contribution >= 4 is 28.3 Å². The normalized spacial score (nSPS) is 23.4. The van der Waals surface area contributed by atoms with Crippen LogP contribution in [0.2, 0.25) is 0 Å². The van der Waals surface area contributed by atoms with E-state index in [1.54, 1.807) is 20.8 Å². The van der Waals surface area contributed by atoms with E-state index in [4.69, 9.17) is 4.74 Å². The van der Waals surface area contributed by atoms with Gasteiger partial charge in [-0.15, -0.1) is 0 Å². The first-order valence-electron chi connectivity index (χ1n) is 7.12. The van der Waals surface area contributed by atoms with E-state index < -0.39 is 46.0 Å². The van der Waals surface area contributed by atoms with E-state index in [1.165, 1.54) is 4.90 Å². The maximum atomic E-state index is 12.1. The van der Waals surface area contributed by atoms with Crippen LogP contribution in [0.1, 0.15) is 27.2 Å². The fraction of sp³-hybridized carbons (Fsp3) is 0.750. The van der Waals surface area contributed by atoms with Gasteiger partial charge in [-0.3, -0.25) is 4.79 Å². The first-order chi connectivity index (χ1) is 10.9. The first-order valence-corrected chi connectivity index (χ1v) is 8.45. The summed E-state index contributed by atoms with van der Waals surface area (Å²) in [5.41, 5.74) is -0.700. The smallest absolute Gasteiger partial charge is 0.724 e. The molecule has 0 aliphatic carbocycles. The number of hydroxylamine groups is 2. The molecule has 2 atom stereocenters. The molecule has 0 spiro atoms. The standard InChI is InChI=1S/C12H19N3O8S.Na/c1-12(2,3)22-10(17)13-5-7-4-9(16)8-6-14(7)11(18)15(8)23-24(19,20)21;/h7-8H,4-6H2,1-3H3,(H,13,17)(H,19,20,21);/q;+1/p-1/t7-,8-;/m0./s1. The zero-order chi connectivity index (χ0) is 18.3. The summed E-state index contributed by atoms with van der Waals surface area (Å²) in [5, 5.41) is 2.73. The molecule has 2 aliphatic heterocycles. The Hall–Kier alpha value is -0.920. The number of carbonyl (C=O) groups excluding carboxylic acids is 3. The second-order valence-electron chi connectivity index (χ2n) is 6.47. The summed E-state index contributed by atoms with van der Waals surface area (Å²) in [4.78, 5) is 37.0. The molecule has 11 nitrogen and oxygen atoms in total. The van der Waals surface area contributed by atoms with Crippen molar-refractivity contribution in [1.82, 2.24) is 15.3 Å². The second kappa shape index (κ2) is 7.76. The minimum absolute atomic E-state index is 0. The molecular weight excluding hydrogens is 369 g/mol. The van der Waals surface area contributed by atoms with E-state index in [-0.39, 0.29) is 54.1 Å². The van der Waals surface area contributed by atoms with Crippen molar-refractivity contribution < 1.29 is 65.9 Å². The molecule has 2 heterocycles. The largest absolute Gasteiger partial charge is 1.00 e. The van der Waals surface area contributed by atoms with Gasteiger partial charge in [0.1, 0.15) is 11.6 Å². The molecule has 13 heteroatoms. The van der Waals surface area contributed by atoms with Gasteiger partial charge in [-0.2, -0.15) is 9.35 Å². The third kappa shape index (κ3) is 5.79. The van der Waals surface area contributed by atoms with Crippen LogP contribution in [0.15, 0.2) is 0 Å². The SMILES string of the molecule is CC(C)(C)OC(=O)NC[C@@H]1CC(=O)[C@@H]2CN1C(=O)N2OS(=O)(=O)[O-].[Na+]. The minimum atomic E-state index is -5.18. The van der Waals surface area contributed by atoms with Crippen molar-refractivity contribution in [1.29, 1.82) is 0 Å². The van der Waals surface area contributed by atoms with Gasteiger partial charge < -0.3 is 19.5 Å². The Morgan fingerprint density at radius 3 is 2.48 bits per heavy atom. The number of amides is 3. The molecule has 2 bridgehead atoms. The van der Waals surface area contributed by atoms with Gasteiger partial charge in [0.05, 0.1) is 12.6 Å². The van der Waals surface area contributed by atoms with Crippen molar-refractivity contribution in [2.24, 2.45) is 0 Å². The number of alkyl carbamates (subject to hydrolysis) is 1. The summed E-state index contributed by atoms with van der Waals surface area (Å²) in [7, 11) is -5.18. The van der Waals surface area contributed by atoms with E-state index >= 15 is 0 Å². The predicted octanol–water partition coefficient (Wildman–Crippen LogP) is -3.65. The second-order valence-corrected chi connectivity index (χ2v) is 7.43. The molecule has 1 N–H and O–H groups in total. The Bertz CT molecular complexity index is 662. The predicted molar refractivity (Wildman–Crippen MR) is 76.2 cm³/mol. The van der Waals surface area contributed by atoms with Crippen molar-refractivity contribution in [3.63, 3.8) is 0 Å². The third-order valence-corrected chi connectivity index (χ3v) is 3.73. The van der Waals surface area contributed by atoms with Crippen molar-refractivity contribution in [3.8, 4) is 0 Å². The Labute approximate surface area is 167 Å². The summed E-state index contributed by atoms with van der Waals surface area (Å²) >= 11 is 0. The van der Waals surface area contributed by atoms with Crippen LogP contribution >= 0.6 is 0 Å². The zero-order valence-corrected chi connectivity index (χ0v) is 17.2. The third-order valence-electron chi connectivity index (χ3n) is 3.39. The minimum Gasteiger partial charge on any atom is -0.724 e. The Morgan fingerprint density at radius 1 is 1.36 bits per heavy atom. The van der Waals surface area contributed by atoms with Crippen LogP contribution in [0.5, 0.6) is 0 Å². The van der Waals surface area contributed by atoms with Gasteiger partial charge in [-0.05, 0) is 20.8 Å². The Morgan fingerprint density at radius 2 is 1.96 bits per heavy atom. The van der Waals surface area contributed by atoms with E-state index in [9.17, 15) is 27.4 Å². The number of ketones is 1. The quantitative estimate of drug-likeness (QED) is 0.295. The number of fused-ring (bicyclic) bond motifs is 2. The fourth-order valence-electron chi connectivity index (χ4n) is 2.49. The van der Waals surface area contributed by atoms with Gasteiger partial charge in [0.2, 0.25) is 10.4 Å². The van der Waals surface area contributed by atoms with E-state index in [2.05, 4.69) is 9.60 Å². The molecule has 3 amide bonds. The van der Waals surface area contributed by atoms with Gasteiger partial charge in [-0.25, -0.2) is 18.0 Å². The van der Waals surface area contributed by atoms with Crippen LogP contribution in [0.4, 0.5) is 9.59 Å². The Kier molecular flexibility index (Phi) is 6.87. The van der Waals surface area contributed by atoms with Crippen molar-refractivity contribution in [3.05, 3.63) is 0 Å². The molecule has 0 unspecified atom stereocenters. The molecule has 0 aromatic carbocycles. The number of nitrogens with one attached hydrogen (secondary N) is 1. The topological polar surface area (TPSA) is 145 Å². The molecule has 0 aromatic rings. The van der Waals surface area contributed by atoms with Crippen molar-refractivity contribution in [2.75, 3.05) is 13.1 Å². The summed E-state index contributed by atoms with van der Waals surface area (Å²) in [6.07, 6.45) is -0.815. The number of ether oxygens (including phenoxy) is 1. The molecule has 0 radical (unpaired) electrons. The summed E-state index contributed by atoms with van der Waals surface area (Å²) in [5.74, 6) is -0.461. The first kappa shape index (κ1) is 22.1. The molecule has 2 rings (SSSR count). The van der Waals surface area contributed by atoms with Crippen molar-refractivity contribution in [2.45, 2.75) is 44.9 Å². The molecule has 2 fully saturated rings. The monoisotopic (exact) mass is 387 g/mol. The summed E-state index contributed by atoms with van der Waals surface area (Å²) in [6.45, 7) is 4.88. The van der Waals surface area contributed by atoms with Crippen LogP contribution in [-0.2, 0) is 24.2 Å². The number of urea groups is 1. The van der Waals surface area contributed by atoms with Crippen LogP contribution < -0.4 is 34.9 Å². The number of nitrogens with zero attached hydrogens (tertiary/aromatic N) is 2. The average Bonchev–Trinajstić information content (AvgIpc) is 2.65. The number of Topliss-reactive ketones (excluding diaryl/α,β-unsaturated/α-hetero) is 1. The Balaban J connectivity index is 0.00000312. The molecular formula is C12H18N3NaO8S. The molecule has 25 heavy (non-hydrogen) atoms.